The zero-order chi connectivity index (χ0) is 15.0. The molecule has 0 aliphatic rings. The lowest BCUT2D eigenvalue weighted by molar-refractivity contribution is 0.100. The van der Waals surface area contributed by atoms with E-state index >= 15 is 0 Å². The number of hydrogen-bond acceptors (Lipinski definition) is 2. The first-order chi connectivity index (χ1) is 10.1. The summed E-state index contributed by atoms with van der Waals surface area (Å²) in [4.78, 5) is 15.7. The highest BCUT2D eigenvalue weighted by Gasteiger charge is 2.12. The Bertz CT molecular complexity index is 862. The summed E-state index contributed by atoms with van der Waals surface area (Å²) in [6.07, 6.45) is 0. The molecule has 3 rings (SSSR count). The number of nitrogens with two attached hydrogens (primary N) is 1. The maximum absolute atomic E-state index is 13.8. The minimum absolute atomic E-state index is 0.164. The van der Waals surface area contributed by atoms with Crippen LogP contribution in [-0.4, -0.2) is 10.9 Å². The lowest BCUT2D eigenvalue weighted by atomic mass is 10.1. The molecule has 5 heteroatoms. The van der Waals surface area contributed by atoms with Gasteiger partial charge in [0.15, 0.2) is 0 Å². The number of rotatable bonds is 2. The summed E-state index contributed by atoms with van der Waals surface area (Å²) in [5.74, 6) is -1.97. The van der Waals surface area contributed by atoms with Gasteiger partial charge in [-0.15, -0.1) is 0 Å². The van der Waals surface area contributed by atoms with Gasteiger partial charge in [0.05, 0.1) is 16.8 Å². The Hall–Kier alpha value is -2.82. The van der Waals surface area contributed by atoms with E-state index in [2.05, 4.69) is 4.98 Å². The van der Waals surface area contributed by atoms with Crippen molar-refractivity contribution in [3.05, 3.63) is 65.7 Å². The van der Waals surface area contributed by atoms with Gasteiger partial charge in [0.1, 0.15) is 11.6 Å². The van der Waals surface area contributed by atoms with Gasteiger partial charge in [0, 0.05) is 17.0 Å². The lowest BCUT2D eigenvalue weighted by Gasteiger charge is -2.07. The van der Waals surface area contributed by atoms with Crippen molar-refractivity contribution in [2.75, 3.05) is 0 Å². The molecule has 1 aromatic heterocycles. The number of hydrogen-bond donors (Lipinski definition) is 1. The van der Waals surface area contributed by atoms with E-state index in [1.54, 1.807) is 30.3 Å². The van der Waals surface area contributed by atoms with Crippen LogP contribution in [0.25, 0.3) is 22.2 Å². The zero-order valence-electron chi connectivity index (χ0n) is 10.8. The van der Waals surface area contributed by atoms with Gasteiger partial charge in [-0.25, -0.2) is 13.8 Å². The van der Waals surface area contributed by atoms with Gasteiger partial charge in [-0.05, 0) is 24.3 Å². The summed E-state index contributed by atoms with van der Waals surface area (Å²) in [6.45, 7) is 0. The number of fused-ring (bicyclic) bond motifs is 1. The molecule has 0 saturated heterocycles. The molecular weight excluding hydrogens is 274 g/mol. The quantitative estimate of drug-likeness (QED) is 0.785. The van der Waals surface area contributed by atoms with Crippen LogP contribution in [0.3, 0.4) is 0 Å². The monoisotopic (exact) mass is 284 g/mol. The Balaban J connectivity index is 2.25. The van der Waals surface area contributed by atoms with Gasteiger partial charge >= 0.3 is 0 Å². The highest BCUT2D eigenvalue weighted by molar-refractivity contribution is 6.05. The number of para-hydroxylation sites is 1. The molecule has 0 saturated carbocycles. The van der Waals surface area contributed by atoms with Crippen molar-refractivity contribution in [1.82, 2.24) is 4.98 Å². The topological polar surface area (TPSA) is 56.0 Å². The zero-order valence-corrected chi connectivity index (χ0v) is 10.8. The Morgan fingerprint density at radius 2 is 1.86 bits per heavy atom. The summed E-state index contributed by atoms with van der Waals surface area (Å²) >= 11 is 0. The Labute approximate surface area is 119 Å². The maximum Gasteiger partial charge on any atom is 0.250 e. The fourth-order valence-corrected chi connectivity index (χ4v) is 2.19. The molecule has 0 aliphatic heterocycles. The molecule has 2 aromatic carbocycles. The first-order valence-corrected chi connectivity index (χ1v) is 6.21. The number of aromatic nitrogens is 1. The van der Waals surface area contributed by atoms with E-state index in [1.165, 1.54) is 6.07 Å². The third-order valence-corrected chi connectivity index (χ3v) is 3.19. The van der Waals surface area contributed by atoms with E-state index in [1.807, 2.05) is 0 Å². The Kier molecular flexibility index (Phi) is 3.10. The molecule has 1 amide bonds. The largest absolute Gasteiger partial charge is 0.366 e. The number of amides is 1. The number of carbonyl (C=O) groups is 1. The highest BCUT2D eigenvalue weighted by atomic mass is 19.1. The summed E-state index contributed by atoms with van der Waals surface area (Å²) < 4.78 is 26.8. The number of pyridine rings is 1. The van der Waals surface area contributed by atoms with Gasteiger partial charge < -0.3 is 5.73 Å². The van der Waals surface area contributed by atoms with E-state index in [0.29, 0.717) is 11.2 Å². The first-order valence-electron chi connectivity index (χ1n) is 6.21. The molecular formula is C16H10F2N2O. The molecule has 104 valence electrons. The molecule has 0 aliphatic carbocycles. The SMILES string of the molecule is NC(=O)c1cccc2ccc(-c3ccc(F)cc3F)nc12. The molecule has 0 atom stereocenters. The molecule has 3 nitrogen and oxygen atoms in total. The van der Waals surface area contributed by atoms with Crippen LogP contribution in [0.15, 0.2) is 48.5 Å². The van der Waals surface area contributed by atoms with Crippen molar-refractivity contribution in [2.24, 2.45) is 5.73 Å². The molecule has 3 aromatic rings. The standard InChI is InChI=1S/C16H10F2N2O/c17-10-5-6-11(13(18)8-10)14-7-4-9-2-1-3-12(16(19)21)15(9)20-14/h1-8H,(H2,19,21). The summed E-state index contributed by atoms with van der Waals surface area (Å²) in [5, 5.41) is 0.720. The van der Waals surface area contributed by atoms with Crippen molar-refractivity contribution < 1.29 is 13.6 Å². The molecule has 21 heavy (non-hydrogen) atoms. The van der Waals surface area contributed by atoms with Gasteiger partial charge in [-0.3, -0.25) is 4.79 Å². The summed E-state index contributed by atoms with van der Waals surface area (Å²) in [6, 6.07) is 11.6. The number of benzene rings is 2. The molecule has 1 heterocycles. The second kappa shape index (κ2) is 4.94. The van der Waals surface area contributed by atoms with Crippen LogP contribution in [0.1, 0.15) is 10.4 Å². The third kappa shape index (κ3) is 2.33. The minimum atomic E-state index is -0.710. The average molecular weight is 284 g/mol. The van der Waals surface area contributed by atoms with E-state index in [9.17, 15) is 13.6 Å². The second-order valence-electron chi connectivity index (χ2n) is 4.56. The number of nitrogens with zero attached hydrogens (tertiary/aromatic N) is 1. The number of halogens is 2. The van der Waals surface area contributed by atoms with Crippen LogP contribution in [0.4, 0.5) is 8.78 Å². The molecule has 0 radical (unpaired) electrons. The predicted molar refractivity (Wildman–Crippen MR) is 75.6 cm³/mol. The van der Waals surface area contributed by atoms with Crippen molar-refractivity contribution >= 4 is 16.8 Å². The van der Waals surface area contributed by atoms with E-state index in [4.69, 9.17) is 5.73 Å². The minimum Gasteiger partial charge on any atom is -0.366 e. The second-order valence-corrected chi connectivity index (χ2v) is 4.56. The predicted octanol–water partition coefficient (Wildman–Crippen LogP) is 3.28. The Morgan fingerprint density at radius 1 is 1.05 bits per heavy atom. The van der Waals surface area contributed by atoms with Gasteiger partial charge in [0.25, 0.3) is 5.91 Å². The number of carbonyl (C=O) groups excluding carboxylic acids is 1. The molecule has 2 N–H and O–H groups in total. The summed E-state index contributed by atoms with van der Waals surface area (Å²) in [7, 11) is 0. The van der Waals surface area contributed by atoms with Crippen LogP contribution in [0.2, 0.25) is 0 Å². The lowest BCUT2D eigenvalue weighted by Crippen LogP contribution is -2.11. The molecule has 0 bridgehead atoms. The fourth-order valence-electron chi connectivity index (χ4n) is 2.19. The van der Waals surface area contributed by atoms with Crippen LogP contribution < -0.4 is 5.73 Å². The van der Waals surface area contributed by atoms with Crippen molar-refractivity contribution in [3.8, 4) is 11.3 Å². The van der Waals surface area contributed by atoms with E-state index in [0.717, 1.165) is 17.5 Å². The fraction of sp³-hybridized carbons (Fsp3) is 0. The normalized spacial score (nSPS) is 10.8. The van der Waals surface area contributed by atoms with Gasteiger partial charge in [0.2, 0.25) is 0 Å². The van der Waals surface area contributed by atoms with Gasteiger partial charge in [-0.2, -0.15) is 0 Å². The van der Waals surface area contributed by atoms with Crippen LogP contribution in [0.5, 0.6) is 0 Å². The first kappa shape index (κ1) is 13.2. The van der Waals surface area contributed by atoms with Crippen molar-refractivity contribution in [2.45, 2.75) is 0 Å². The Morgan fingerprint density at radius 3 is 2.57 bits per heavy atom. The van der Waals surface area contributed by atoms with Crippen molar-refractivity contribution in [3.63, 3.8) is 0 Å². The maximum atomic E-state index is 13.8. The van der Waals surface area contributed by atoms with Gasteiger partial charge in [-0.1, -0.05) is 18.2 Å². The summed E-state index contributed by atoms with van der Waals surface area (Å²) in [5.41, 5.74) is 6.45. The number of primary amides is 1. The molecule has 0 fully saturated rings. The van der Waals surface area contributed by atoms with Crippen LogP contribution in [-0.2, 0) is 0 Å². The third-order valence-electron chi connectivity index (χ3n) is 3.19. The van der Waals surface area contributed by atoms with Crippen LogP contribution >= 0.6 is 0 Å². The highest BCUT2D eigenvalue weighted by Crippen LogP contribution is 2.25. The smallest absolute Gasteiger partial charge is 0.250 e. The molecule has 0 unspecified atom stereocenters. The average Bonchev–Trinajstić information content (AvgIpc) is 2.46. The van der Waals surface area contributed by atoms with Crippen LogP contribution in [0, 0.1) is 11.6 Å². The van der Waals surface area contributed by atoms with Crippen molar-refractivity contribution in [1.29, 1.82) is 0 Å². The van der Waals surface area contributed by atoms with E-state index in [-0.39, 0.29) is 11.1 Å². The van der Waals surface area contributed by atoms with E-state index < -0.39 is 17.5 Å². The molecule has 0 spiro atoms.